The molecule has 0 saturated carbocycles. The maximum atomic E-state index is 6.47. The fourth-order valence-corrected chi connectivity index (χ4v) is 4.73. The van der Waals surface area contributed by atoms with Crippen molar-refractivity contribution < 1.29 is 9.12 Å². The van der Waals surface area contributed by atoms with Gasteiger partial charge in [0.1, 0.15) is 6.21 Å². The van der Waals surface area contributed by atoms with Gasteiger partial charge < -0.3 is 4.42 Å². The molecule has 2 N–H and O–H groups in total. The molecule has 5 heterocycles. The highest BCUT2D eigenvalue weighted by Gasteiger charge is 2.40. The molecule has 0 aromatic carbocycles. The van der Waals surface area contributed by atoms with Crippen LogP contribution in [0.5, 0.6) is 0 Å². The SMILES string of the molecule is Cn1cc(Br)c(CN2CCCC2CCC2=C[N@@+]3(N)N=C(c4ccco4)N=C3C=N2)n1. The number of quaternary nitrogens is 1. The second kappa shape index (κ2) is 7.69. The summed E-state index contributed by atoms with van der Waals surface area (Å²) in [5.41, 5.74) is 2.02. The van der Waals surface area contributed by atoms with Gasteiger partial charge in [-0.15, -0.1) is 5.84 Å². The Balaban J connectivity index is 1.25. The van der Waals surface area contributed by atoms with E-state index in [1.54, 1.807) is 12.5 Å². The Hall–Kier alpha value is -2.40. The average Bonchev–Trinajstić information content (AvgIpc) is 3.47. The number of allylic oxidation sites excluding steroid dienone is 1. The number of rotatable bonds is 6. The van der Waals surface area contributed by atoms with Crippen LogP contribution in [0, 0.1) is 0 Å². The topological polar surface area (TPSA) is 97.3 Å². The lowest BCUT2D eigenvalue weighted by Gasteiger charge is -2.24. The first kappa shape index (κ1) is 19.6. The first-order chi connectivity index (χ1) is 14.5. The van der Waals surface area contributed by atoms with Gasteiger partial charge in [-0.2, -0.15) is 10.1 Å². The summed E-state index contributed by atoms with van der Waals surface area (Å²) >= 11 is 3.61. The van der Waals surface area contributed by atoms with Gasteiger partial charge in [-0.3, -0.25) is 9.58 Å². The Morgan fingerprint density at radius 1 is 1.40 bits per heavy atom. The Morgan fingerprint density at radius 3 is 3.07 bits per heavy atom. The van der Waals surface area contributed by atoms with Gasteiger partial charge in [0.2, 0.25) is 0 Å². The van der Waals surface area contributed by atoms with E-state index < -0.39 is 0 Å². The molecular formula is C20H24BrN8O+. The molecule has 3 aliphatic heterocycles. The number of aromatic nitrogens is 2. The molecule has 5 rings (SSSR count). The number of likely N-dealkylation sites (tertiary alicyclic amines) is 1. The van der Waals surface area contributed by atoms with E-state index >= 15 is 0 Å². The highest BCUT2D eigenvalue weighted by atomic mass is 79.9. The molecule has 10 heteroatoms. The van der Waals surface area contributed by atoms with Crippen molar-refractivity contribution in [2.45, 2.75) is 38.3 Å². The highest BCUT2D eigenvalue weighted by molar-refractivity contribution is 9.10. The lowest BCUT2D eigenvalue weighted by atomic mass is 10.1. The van der Waals surface area contributed by atoms with Crippen LogP contribution in [0.1, 0.15) is 37.1 Å². The van der Waals surface area contributed by atoms with Crippen molar-refractivity contribution in [3.05, 3.63) is 52.4 Å². The smallest absolute Gasteiger partial charge is 0.300 e. The minimum atomic E-state index is -0.204. The number of aryl methyl sites for hydroxylation is 1. The van der Waals surface area contributed by atoms with Crippen molar-refractivity contribution in [2.24, 2.45) is 28.0 Å². The molecule has 1 unspecified atom stereocenters. The molecule has 0 aliphatic carbocycles. The number of hydrogen-bond acceptors (Lipinski definition) is 7. The van der Waals surface area contributed by atoms with Gasteiger partial charge in [0.05, 0.1) is 22.1 Å². The molecule has 0 spiro atoms. The van der Waals surface area contributed by atoms with Crippen molar-refractivity contribution in [1.82, 2.24) is 14.7 Å². The molecule has 156 valence electrons. The van der Waals surface area contributed by atoms with E-state index in [4.69, 9.17) is 10.3 Å². The van der Waals surface area contributed by atoms with Crippen molar-refractivity contribution >= 4 is 33.8 Å². The first-order valence-corrected chi connectivity index (χ1v) is 10.9. The standard InChI is InChI=1S/C20H24BrN8O/c1-27-11-16(21)17(25-27)12-28-8-2-4-15(28)7-6-14-13-29(22)19(10-23-14)24-20(26-29)18-5-3-9-30-18/h3,5,9-11,13,15H,2,4,6-8,12,22H2,1H3/q+1/t15?,29-/m1/s1. The monoisotopic (exact) mass is 471 g/mol. The minimum absolute atomic E-state index is 0.204. The number of halogens is 1. The van der Waals surface area contributed by atoms with E-state index in [2.05, 4.69) is 41.0 Å². The second-order valence-electron chi connectivity index (χ2n) is 7.89. The average molecular weight is 472 g/mol. The fourth-order valence-electron chi connectivity index (χ4n) is 4.23. The summed E-state index contributed by atoms with van der Waals surface area (Å²) in [6.07, 6.45) is 11.5. The summed E-state index contributed by atoms with van der Waals surface area (Å²) in [5, 5.41) is 9.11. The summed E-state index contributed by atoms with van der Waals surface area (Å²) in [5.74, 6) is 8.15. The normalized spacial score (nSPS) is 26.0. The Morgan fingerprint density at radius 2 is 2.30 bits per heavy atom. The Bertz CT molecular complexity index is 1070. The third-order valence-corrected chi connectivity index (χ3v) is 6.38. The van der Waals surface area contributed by atoms with E-state index in [1.165, 1.54) is 12.8 Å². The van der Waals surface area contributed by atoms with Gasteiger partial charge >= 0.3 is 0 Å². The summed E-state index contributed by atoms with van der Waals surface area (Å²) in [6, 6.07) is 4.14. The number of amidine groups is 2. The summed E-state index contributed by atoms with van der Waals surface area (Å²) < 4.78 is 8.11. The molecule has 0 amide bonds. The molecule has 1 fully saturated rings. The Labute approximate surface area is 182 Å². The van der Waals surface area contributed by atoms with Crippen LogP contribution in [-0.2, 0) is 13.6 Å². The molecule has 0 radical (unpaired) electrons. The molecule has 2 atom stereocenters. The maximum Gasteiger partial charge on any atom is 0.300 e. The molecule has 0 bridgehead atoms. The van der Waals surface area contributed by atoms with Crippen LogP contribution in [-0.4, -0.2) is 49.9 Å². The first-order valence-electron chi connectivity index (χ1n) is 10.1. The lowest BCUT2D eigenvalue weighted by Crippen LogP contribution is -2.50. The van der Waals surface area contributed by atoms with Crippen LogP contribution >= 0.6 is 15.9 Å². The quantitative estimate of drug-likeness (QED) is 0.517. The van der Waals surface area contributed by atoms with Crippen molar-refractivity contribution in [3.63, 3.8) is 0 Å². The van der Waals surface area contributed by atoms with Crippen LogP contribution in [0.15, 0.2) is 60.5 Å². The van der Waals surface area contributed by atoms with Gasteiger partial charge in [-0.1, -0.05) is 0 Å². The molecule has 2 aromatic heterocycles. The van der Waals surface area contributed by atoms with Crippen LogP contribution < -0.4 is 5.84 Å². The third kappa shape index (κ3) is 3.71. The van der Waals surface area contributed by atoms with Crippen LogP contribution in [0.4, 0.5) is 0 Å². The predicted molar refractivity (Wildman–Crippen MR) is 117 cm³/mol. The van der Waals surface area contributed by atoms with Crippen LogP contribution in [0.3, 0.4) is 0 Å². The highest BCUT2D eigenvalue weighted by Crippen LogP contribution is 2.29. The number of furan rings is 1. The van der Waals surface area contributed by atoms with Crippen LogP contribution in [0.2, 0.25) is 0 Å². The van der Waals surface area contributed by atoms with Crippen molar-refractivity contribution in [2.75, 3.05) is 6.54 Å². The van der Waals surface area contributed by atoms with E-state index in [0.717, 1.165) is 41.8 Å². The number of nitrogens with zero attached hydrogens (tertiary/aromatic N) is 7. The minimum Gasteiger partial charge on any atom is -0.461 e. The van der Waals surface area contributed by atoms with Crippen molar-refractivity contribution in [3.8, 4) is 0 Å². The van der Waals surface area contributed by atoms with E-state index in [-0.39, 0.29) is 4.70 Å². The van der Waals surface area contributed by atoms with Crippen LogP contribution in [0.25, 0.3) is 0 Å². The van der Waals surface area contributed by atoms with Gasteiger partial charge in [0.25, 0.3) is 11.7 Å². The molecule has 1 saturated heterocycles. The van der Waals surface area contributed by atoms with Gasteiger partial charge in [0, 0.05) is 25.8 Å². The molecular weight excluding hydrogens is 448 g/mol. The maximum absolute atomic E-state index is 6.47. The second-order valence-corrected chi connectivity index (χ2v) is 8.74. The largest absolute Gasteiger partial charge is 0.461 e. The zero-order valence-electron chi connectivity index (χ0n) is 16.8. The fraction of sp³-hybridized carbons (Fsp3) is 0.400. The van der Waals surface area contributed by atoms with E-state index in [9.17, 15) is 0 Å². The molecule has 2 aromatic rings. The lowest BCUT2D eigenvalue weighted by molar-refractivity contribution is -0.803. The van der Waals surface area contributed by atoms with E-state index in [1.807, 2.05) is 36.3 Å². The molecule has 9 nitrogen and oxygen atoms in total. The van der Waals surface area contributed by atoms with Crippen molar-refractivity contribution in [1.29, 1.82) is 0 Å². The van der Waals surface area contributed by atoms with Gasteiger partial charge in [-0.25, -0.2) is 4.99 Å². The summed E-state index contributed by atoms with van der Waals surface area (Å²) in [4.78, 5) is 11.6. The number of nitrogens with two attached hydrogens (primary N) is 1. The number of hydrogen-bond donors (Lipinski definition) is 1. The molecule has 30 heavy (non-hydrogen) atoms. The number of aliphatic imine (C=N–C) groups is 2. The van der Waals surface area contributed by atoms with Gasteiger partial charge in [0.15, 0.2) is 12.0 Å². The predicted octanol–water partition coefficient (Wildman–Crippen LogP) is 2.91. The zero-order chi connectivity index (χ0) is 20.7. The Kier molecular flexibility index (Phi) is 5.02. The third-order valence-electron chi connectivity index (χ3n) is 5.72. The summed E-state index contributed by atoms with van der Waals surface area (Å²) in [7, 11) is 1.95. The molecule has 3 aliphatic rings. The summed E-state index contributed by atoms with van der Waals surface area (Å²) in [6.45, 7) is 1.96. The van der Waals surface area contributed by atoms with Gasteiger partial charge in [-0.05, 0) is 70.1 Å². The zero-order valence-corrected chi connectivity index (χ0v) is 18.4. The van der Waals surface area contributed by atoms with E-state index in [0.29, 0.717) is 23.5 Å². The number of fused-ring (bicyclic) bond motifs is 1.